The first-order valence-electron chi connectivity index (χ1n) is 5.01. The second kappa shape index (κ2) is 6.42. The van der Waals surface area contributed by atoms with Crippen molar-refractivity contribution in [2.24, 2.45) is 0 Å². The Kier molecular flexibility index (Phi) is 5.18. The third-order valence-corrected chi connectivity index (χ3v) is 2.14. The standard InChI is InChI=1S/C11H13ClFNO3/c1-7(15)5-14-11(16)6-17-10-3-2-8(13)4-9(10)12/h2-4,7,15H,5-6H2,1H3,(H,14,16)/t7-/m1/s1. The normalized spacial score (nSPS) is 12.0. The van der Waals surface area contributed by atoms with Gasteiger partial charge in [0, 0.05) is 6.54 Å². The molecular weight excluding hydrogens is 249 g/mol. The van der Waals surface area contributed by atoms with Crippen LogP contribution in [0.1, 0.15) is 6.92 Å². The lowest BCUT2D eigenvalue weighted by atomic mass is 10.3. The van der Waals surface area contributed by atoms with Crippen molar-refractivity contribution in [3.05, 3.63) is 29.0 Å². The van der Waals surface area contributed by atoms with Crippen LogP contribution in [-0.2, 0) is 4.79 Å². The minimum absolute atomic E-state index is 0.105. The third kappa shape index (κ3) is 5.01. The van der Waals surface area contributed by atoms with Crippen molar-refractivity contribution in [3.8, 4) is 5.75 Å². The summed E-state index contributed by atoms with van der Waals surface area (Å²) in [6.07, 6.45) is -0.617. The number of carbonyl (C=O) groups is 1. The fourth-order valence-corrected chi connectivity index (χ4v) is 1.27. The molecule has 1 aromatic carbocycles. The summed E-state index contributed by atoms with van der Waals surface area (Å²) in [4.78, 5) is 11.2. The molecule has 1 atom stereocenters. The second-order valence-corrected chi connectivity index (χ2v) is 3.92. The Labute approximate surface area is 103 Å². The number of hydrogen-bond donors (Lipinski definition) is 2. The Morgan fingerprint density at radius 2 is 2.35 bits per heavy atom. The highest BCUT2D eigenvalue weighted by Gasteiger charge is 2.07. The van der Waals surface area contributed by atoms with Crippen molar-refractivity contribution < 1.29 is 19.0 Å². The van der Waals surface area contributed by atoms with Crippen LogP contribution in [0.3, 0.4) is 0 Å². The fraction of sp³-hybridized carbons (Fsp3) is 0.364. The highest BCUT2D eigenvalue weighted by Crippen LogP contribution is 2.24. The van der Waals surface area contributed by atoms with Crippen molar-refractivity contribution in [1.29, 1.82) is 0 Å². The summed E-state index contributed by atoms with van der Waals surface area (Å²) in [6, 6.07) is 3.64. The Hall–Kier alpha value is -1.33. The van der Waals surface area contributed by atoms with E-state index in [4.69, 9.17) is 21.4 Å². The Morgan fingerprint density at radius 3 is 2.94 bits per heavy atom. The van der Waals surface area contributed by atoms with Crippen molar-refractivity contribution >= 4 is 17.5 Å². The smallest absolute Gasteiger partial charge is 0.258 e. The van der Waals surface area contributed by atoms with E-state index in [-0.39, 0.29) is 29.8 Å². The van der Waals surface area contributed by atoms with Gasteiger partial charge in [0.15, 0.2) is 6.61 Å². The Morgan fingerprint density at radius 1 is 1.65 bits per heavy atom. The highest BCUT2D eigenvalue weighted by atomic mass is 35.5. The summed E-state index contributed by atoms with van der Waals surface area (Å²) in [5.41, 5.74) is 0. The van der Waals surface area contributed by atoms with Gasteiger partial charge in [-0.2, -0.15) is 0 Å². The molecule has 0 radical (unpaired) electrons. The zero-order valence-corrected chi connectivity index (χ0v) is 10.00. The number of nitrogens with one attached hydrogen (secondary N) is 1. The van der Waals surface area contributed by atoms with Crippen molar-refractivity contribution in [3.63, 3.8) is 0 Å². The maximum atomic E-state index is 12.7. The van der Waals surface area contributed by atoms with E-state index in [2.05, 4.69) is 5.32 Å². The zero-order valence-electron chi connectivity index (χ0n) is 9.24. The predicted octanol–water partition coefficient (Wildman–Crippen LogP) is 1.35. The van der Waals surface area contributed by atoms with Gasteiger partial charge in [-0.3, -0.25) is 4.79 Å². The predicted molar refractivity (Wildman–Crippen MR) is 61.6 cm³/mol. The van der Waals surface area contributed by atoms with Crippen molar-refractivity contribution in [2.75, 3.05) is 13.2 Å². The van der Waals surface area contributed by atoms with Crippen LogP contribution >= 0.6 is 11.6 Å². The van der Waals surface area contributed by atoms with Gasteiger partial charge in [0.2, 0.25) is 0 Å². The molecule has 0 aliphatic rings. The van der Waals surface area contributed by atoms with E-state index < -0.39 is 11.9 Å². The van der Waals surface area contributed by atoms with E-state index in [1.165, 1.54) is 12.1 Å². The monoisotopic (exact) mass is 261 g/mol. The number of hydrogen-bond acceptors (Lipinski definition) is 3. The van der Waals surface area contributed by atoms with Crippen LogP contribution in [0.4, 0.5) is 4.39 Å². The number of aliphatic hydroxyl groups is 1. The number of rotatable bonds is 5. The lowest BCUT2D eigenvalue weighted by Gasteiger charge is -2.09. The minimum Gasteiger partial charge on any atom is -0.482 e. The van der Waals surface area contributed by atoms with Crippen LogP contribution in [0.5, 0.6) is 5.75 Å². The molecule has 0 heterocycles. The molecule has 0 fully saturated rings. The van der Waals surface area contributed by atoms with Gasteiger partial charge in [-0.15, -0.1) is 0 Å². The highest BCUT2D eigenvalue weighted by molar-refractivity contribution is 6.32. The van der Waals surface area contributed by atoms with Crippen LogP contribution in [-0.4, -0.2) is 30.3 Å². The summed E-state index contributed by atoms with van der Waals surface area (Å²) in [6.45, 7) is 1.47. The van der Waals surface area contributed by atoms with Gasteiger partial charge in [-0.1, -0.05) is 11.6 Å². The fourth-order valence-electron chi connectivity index (χ4n) is 1.05. The summed E-state index contributed by atoms with van der Waals surface area (Å²) in [5, 5.41) is 11.5. The molecule has 4 nitrogen and oxygen atoms in total. The first kappa shape index (κ1) is 13.7. The summed E-state index contributed by atoms with van der Waals surface area (Å²) >= 11 is 5.70. The quantitative estimate of drug-likeness (QED) is 0.841. The Bertz CT molecular complexity index is 398. The molecule has 0 aliphatic carbocycles. The summed E-state index contributed by atoms with van der Waals surface area (Å²) in [5.74, 6) is -0.618. The second-order valence-electron chi connectivity index (χ2n) is 3.52. The lowest BCUT2D eigenvalue weighted by molar-refractivity contribution is -0.123. The molecule has 0 saturated heterocycles. The molecule has 2 N–H and O–H groups in total. The number of halogens is 2. The number of carbonyl (C=O) groups excluding carboxylic acids is 1. The van der Waals surface area contributed by atoms with Crippen molar-refractivity contribution in [2.45, 2.75) is 13.0 Å². The number of amides is 1. The number of benzene rings is 1. The molecule has 0 unspecified atom stereocenters. The first-order chi connectivity index (χ1) is 7.99. The number of ether oxygens (including phenoxy) is 1. The van der Waals surface area contributed by atoms with Crippen molar-refractivity contribution in [1.82, 2.24) is 5.32 Å². The molecule has 0 aliphatic heterocycles. The molecule has 94 valence electrons. The van der Waals surface area contributed by atoms with Gasteiger partial charge >= 0.3 is 0 Å². The van der Waals surface area contributed by atoms with E-state index in [1.807, 2.05) is 0 Å². The lowest BCUT2D eigenvalue weighted by Crippen LogP contribution is -2.34. The molecule has 0 saturated carbocycles. The first-order valence-corrected chi connectivity index (χ1v) is 5.39. The van der Waals surface area contributed by atoms with Gasteiger partial charge in [0.1, 0.15) is 11.6 Å². The minimum atomic E-state index is -0.617. The molecule has 0 bridgehead atoms. The molecule has 0 spiro atoms. The molecule has 17 heavy (non-hydrogen) atoms. The largest absolute Gasteiger partial charge is 0.482 e. The van der Waals surface area contributed by atoms with Crippen LogP contribution in [0.15, 0.2) is 18.2 Å². The van der Waals surface area contributed by atoms with Crippen LogP contribution in [0.25, 0.3) is 0 Å². The Balaban J connectivity index is 2.42. The van der Waals surface area contributed by atoms with Crippen LogP contribution in [0, 0.1) is 5.82 Å². The molecule has 0 aromatic heterocycles. The molecule has 1 rings (SSSR count). The third-order valence-electron chi connectivity index (χ3n) is 1.85. The molecule has 1 amide bonds. The molecule has 1 aromatic rings. The van der Waals surface area contributed by atoms with Gasteiger partial charge in [0.05, 0.1) is 11.1 Å². The number of aliphatic hydroxyl groups excluding tert-OH is 1. The topological polar surface area (TPSA) is 58.6 Å². The SMILES string of the molecule is C[C@@H](O)CNC(=O)COc1ccc(F)cc1Cl. The van der Waals surface area contributed by atoms with Gasteiger partial charge in [-0.05, 0) is 25.1 Å². The van der Waals surface area contributed by atoms with E-state index in [0.29, 0.717) is 0 Å². The van der Waals surface area contributed by atoms with E-state index in [0.717, 1.165) is 6.07 Å². The summed E-state index contributed by atoms with van der Waals surface area (Å²) < 4.78 is 17.8. The summed E-state index contributed by atoms with van der Waals surface area (Å²) in [7, 11) is 0. The maximum Gasteiger partial charge on any atom is 0.258 e. The van der Waals surface area contributed by atoms with Gasteiger partial charge < -0.3 is 15.2 Å². The van der Waals surface area contributed by atoms with Gasteiger partial charge in [-0.25, -0.2) is 4.39 Å². The molecule has 6 heteroatoms. The van der Waals surface area contributed by atoms with E-state index in [9.17, 15) is 9.18 Å². The average molecular weight is 262 g/mol. The van der Waals surface area contributed by atoms with E-state index >= 15 is 0 Å². The van der Waals surface area contributed by atoms with Crippen LogP contribution in [0.2, 0.25) is 5.02 Å². The molecular formula is C11H13ClFNO3. The zero-order chi connectivity index (χ0) is 12.8. The van der Waals surface area contributed by atoms with Crippen LogP contribution < -0.4 is 10.1 Å². The van der Waals surface area contributed by atoms with Gasteiger partial charge in [0.25, 0.3) is 5.91 Å². The maximum absolute atomic E-state index is 12.7. The average Bonchev–Trinajstić information content (AvgIpc) is 2.25. The van der Waals surface area contributed by atoms with E-state index in [1.54, 1.807) is 6.92 Å².